The van der Waals surface area contributed by atoms with Gasteiger partial charge in [-0.1, -0.05) is 30.3 Å². The lowest BCUT2D eigenvalue weighted by atomic mass is 10.0. The van der Waals surface area contributed by atoms with E-state index in [1.807, 2.05) is 48.5 Å². The van der Waals surface area contributed by atoms with Crippen LogP contribution in [-0.4, -0.2) is 25.9 Å². The minimum atomic E-state index is -0.191. The molecule has 0 heterocycles. The number of nitrogens with one attached hydrogen (secondary N) is 1. The number of rotatable bonds is 7. The second-order valence-electron chi connectivity index (χ2n) is 4.74. The second kappa shape index (κ2) is 7.67. The monoisotopic (exact) mass is 287 g/mol. The maximum atomic E-state index is 9.73. The molecule has 0 fully saturated rings. The van der Waals surface area contributed by atoms with Crippen LogP contribution in [0.5, 0.6) is 5.75 Å². The third-order valence-electron chi connectivity index (χ3n) is 3.32. The fraction of sp³-hybridized carbons (Fsp3) is 0.294. The maximum absolute atomic E-state index is 9.73. The summed E-state index contributed by atoms with van der Waals surface area (Å²) >= 11 is 0. The molecular weight excluding hydrogens is 266 g/mol. The molecular formula is C17H21NO3. The van der Waals surface area contributed by atoms with Gasteiger partial charge < -0.3 is 19.9 Å². The lowest BCUT2D eigenvalue weighted by molar-refractivity contribution is 0.183. The van der Waals surface area contributed by atoms with Crippen molar-refractivity contribution in [2.45, 2.75) is 12.6 Å². The van der Waals surface area contributed by atoms with Crippen molar-refractivity contribution in [2.75, 3.05) is 26.1 Å². The number of hydrogen-bond donors (Lipinski definition) is 2. The van der Waals surface area contributed by atoms with Crippen LogP contribution in [0.2, 0.25) is 0 Å². The molecule has 0 aliphatic heterocycles. The summed E-state index contributed by atoms with van der Waals surface area (Å²) in [6.45, 7) is 0.518. The van der Waals surface area contributed by atoms with Crippen molar-refractivity contribution in [1.29, 1.82) is 0 Å². The average Bonchev–Trinajstić information content (AvgIpc) is 2.54. The van der Waals surface area contributed by atoms with Gasteiger partial charge in [0.1, 0.15) is 5.75 Å². The van der Waals surface area contributed by atoms with Gasteiger partial charge in [-0.2, -0.15) is 0 Å². The molecule has 0 aliphatic carbocycles. The number of ether oxygens (including phenoxy) is 2. The number of benzene rings is 2. The minimum absolute atomic E-state index is 0.00205. The third-order valence-corrected chi connectivity index (χ3v) is 3.32. The lowest BCUT2D eigenvalue weighted by Crippen LogP contribution is -2.17. The summed E-state index contributed by atoms with van der Waals surface area (Å²) in [7, 11) is 3.30. The van der Waals surface area contributed by atoms with Crippen molar-refractivity contribution in [3.8, 4) is 5.75 Å². The Balaban J connectivity index is 2.23. The van der Waals surface area contributed by atoms with E-state index in [2.05, 4.69) is 5.32 Å². The number of aliphatic hydroxyl groups excluding tert-OH is 1. The molecule has 1 unspecified atom stereocenters. The van der Waals surface area contributed by atoms with Crippen molar-refractivity contribution in [3.05, 3.63) is 59.7 Å². The average molecular weight is 287 g/mol. The van der Waals surface area contributed by atoms with Gasteiger partial charge >= 0.3 is 0 Å². The van der Waals surface area contributed by atoms with Gasteiger partial charge in [-0.25, -0.2) is 0 Å². The summed E-state index contributed by atoms with van der Waals surface area (Å²) in [6.07, 6.45) is 0. The van der Waals surface area contributed by atoms with E-state index in [0.29, 0.717) is 6.61 Å². The molecule has 0 bridgehead atoms. The Kier molecular flexibility index (Phi) is 5.60. The van der Waals surface area contributed by atoms with Crippen LogP contribution < -0.4 is 10.1 Å². The molecule has 0 aliphatic rings. The highest BCUT2D eigenvalue weighted by atomic mass is 16.5. The van der Waals surface area contributed by atoms with Crippen molar-refractivity contribution in [2.24, 2.45) is 0 Å². The van der Waals surface area contributed by atoms with Crippen molar-refractivity contribution < 1.29 is 14.6 Å². The van der Waals surface area contributed by atoms with Gasteiger partial charge in [0.2, 0.25) is 0 Å². The highest BCUT2D eigenvalue weighted by Gasteiger charge is 2.14. The van der Waals surface area contributed by atoms with E-state index in [4.69, 9.17) is 9.47 Å². The maximum Gasteiger partial charge on any atom is 0.120 e. The molecule has 0 radical (unpaired) electrons. The quantitative estimate of drug-likeness (QED) is 0.822. The molecule has 21 heavy (non-hydrogen) atoms. The zero-order valence-corrected chi connectivity index (χ0v) is 12.4. The Morgan fingerprint density at radius 2 is 1.90 bits per heavy atom. The van der Waals surface area contributed by atoms with Gasteiger partial charge in [-0.3, -0.25) is 0 Å². The van der Waals surface area contributed by atoms with Crippen LogP contribution in [0.3, 0.4) is 0 Å². The molecule has 0 amide bonds. The van der Waals surface area contributed by atoms with E-state index in [1.54, 1.807) is 14.2 Å². The summed E-state index contributed by atoms with van der Waals surface area (Å²) in [4.78, 5) is 0. The molecule has 4 nitrogen and oxygen atoms in total. The largest absolute Gasteiger partial charge is 0.497 e. The molecule has 1 atom stereocenters. The lowest BCUT2D eigenvalue weighted by Gasteiger charge is -2.21. The Morgan fingerprint density at radius 3 is 2.62 bits per heavy atom. The Hall–Kier alpha value is -2.04. The predicted octanol–water partition coefficient (Wildman–Crippen LogP) is 2.99. The highest BCUT2D eigenvalue weighted by Crippen LogP contribution is 2.25. The molecule has 2 rings (SSSR count). The zero-order chi connectivity index (χ0) is 15.1. The highest BCUT2D eigenvalue weighted by molar-refractivity contribution is 5.50. The van der Waals surface area contributed by atoms with Crippen LogP contribution in [0, 0.1) is 0 Å². The molecule has 112 valence electrons. The van der Waals surface area contributed by atoms with Gasteiger partial charge in [-0.15, -0.1) is 0 Å². The first-order chi connectivity index (χ1) is 10.3. The van der Waals surface area contributed by atoms with Gasteiger partial charge in [0.25, 0.3) is 0 Å². The van der Waals surface area contributed by atoms with E-state index < -0.39 is 0 Å². The first-order valence-electron chi connectivity index (χ1n) is 6.86. The van der Waals surface area contributed by atoms with E-state index in [9.17, 15) is 5.11 Å². The molecule has 2 N–H and O–H groups in total. The van der Waals surface area contributed by atoms with Gasteiger partial charge in [0, 0.05) is 18.9 Å². The van der Waals surface area contributed by atoms with Gasteiger partial charge in [0.15, 0.2) is 0 Å². The summed E-state index contributed by atoms with van der Waals surface area (Å²) in [5, 5.41) is 13.1. The number of anilines is 1. The number of hydrogen-bond acceptors (Lipinski definition) is 4. The molecule has 0 saturated carbocycles. The minimum Gasteiger partial charge on any atom is -0.497 e. The smallest absolute Gasteiger partial charge is 0.120 e. The van der Waals surface area contributed by atoms with Crippen molar-refractivity contribution >= 4 is 5.69 Å². The summed E-state index contributed by atoms with van der Waals surface area (Å²) in [5.74, 6) is 0.780. The zero-order valence-electron chi connectivity index (χ0n) is 12.4. The summed E-state index contributed by atoms with van der Waals surface area (Å²) in [6, 6.07) is 15.4. The third kappa shape index (κ3) is 3.97. The van der Waals surface area contributed by atoms with Gasteiger partial charge in [0.05, 0.1) is 26.4 Å². The van der Waals surface area contributed by atoms with Crippen molar-refractivity contribution in [3.63, 3.8) is 0 Å². The molecule has 0 spiro atoms. The Labute approximate surface area is 125 Å². The summed E-state index contributed by atoms with van der Waals surface area (Å²) in [5.41, 5.74) is 3.00. The fourth-order valence-corrected chi connectivity index (χ4v) is 2.30. The van der Waals surface area contributed by atoms with Crippen LogP contribution in [0.15, 0.2) is 48.5 Å². The molecule has 0 aromatic heterocycles. The normalized spacial score (nSPS) is 12.0. The Morgan fingerprint density at radius 1 is 1.10 bits per heavy atom. The number of aliphatic hydroxyl groups is 1. The van der Waals surface area contributed by atoms with E-state index >= 15 is 0 Å². The molecule has 2 aromatic rings. The fourth-order valence-electron chi connectivity index (χ4n) is 2.30. The molecule has 0 saturated heterocycles. The van der Waals surface area contributed by atoms with Crippen LogP contribution in [-0.2, 0) is 11.3 Å². The van der Waals surface area contributed by atoms with Crippen LogP contribution >= 0.6 is 0 Å². The standard InChI is InChI=1S/C17H21NO3/c1-20-12-13-6-3-4-9-16(13)17(11-19)18-14-7-5-8-15(10-14)21-2/h3-10,17-19H,11-12H2,1-2H3. The van der Waals surface area contributed by atoms with Crippen LogP contribution in [0.1, 0.15) is 17.2 Å². The van der Waals surface area contributed by atoms with E-state index in [0.717, 1.165) is 22.6 Å². The predicted molar refractivity (Wildman–Crippen MR) is 83.6 cm³/mol. The van der Waals surface area contributed by atoms with E-state index in [1.165, 1.54) is 0 Å². The van der Waals surface area contributed by atoms with Crippen molar-refractivity contribution in [1.82, 2.24) is 0 Å². The topological polar surface area (TPSA) is 50.7 Å². The van der Waals surface area contributed by atoms with Crippen LogP contribution in [0.25, 0.3) is 0 Å². The molecule has 4 heteroatoms. The second-order valence-corrected chi connectivity index (χ2v) is 4.74. The molecule has 2 aromatic carbocycles. The first-order valence-corrected chi connectivity index (χ1v) is 6.86. The van der Waals surface area contributed by atoms with E-state index in [-0.39, 0.29) is 12.6 Å². The summed E-state index contributed by atoms with van der Waals surface area (Å²) < 4.78 is 10.4. The van der Waals surface area contributed by atoms with Gasteiger partial charge in [-0.05, 0) is 23.3 Å². The SMILES string of the molecule is COCc1ccccc1C(CO)Nc1cccc(OC)c1. The Bertz CT molecular complexity index is 571. The van der Waals surface area contributed by atoms with Crippen LogP contribution in [0.4, 0.5) is 5.69 Å². The number of methoxy groups -OCH3 is 2. The first kappa shape index (κ1) is 15.4.